The zero-order valence-electron chi connectivity index (χ0n) is 21.0. The van der Waals surface area contributed by atoms with Crippen LogP contribution in [0.3, 0.4) is 0 Å². The molecule has 3 heterocycles. The molecule has 1 atom stereocenters. The van der Waals surface area contributed by atoms with E-state index in [4.69, 9.17) is 31.9 Å². The van der Waals surface area contributed by atoms with Crippen LogP contribution in [0.5, 0.6) is 11.5 Å². The Balaban J connectivity index is 1.48. The van der Waals surface area contributed by atoms with E-state index in [1.165, 1.54) is 6.33 Å². The largest absolute Gasteiger partial charge is 0.456 e. The maximum atomic E-state index is 12.7. The summed E-state index contributed by atoms with van der Waals surface area (Å²) in [6, 6.07) is 14.8. The molecule has 0 spiro atoms. The summed E-state index contributed by atoms with van der Waals surface area (Å²) in [5.41, 5.74) is 7.73. The smallest absolute Gasteiger partial charge is 0.410 e. The molecule has 0 radical (unpaired) electrons. The van der Waals surface area contributed by atoms with E-state index in [-0.39, 0.29) is 12.1 Å². The molecule has 9 nitrogen and oxygen atoms in total. The van der Waals surface area contributed by atoms with E-state index in [0.717, 1.165) is 18.4 Å². The summed E-state index contributed by atoms with van der Waals surface area (Å²) in [5.74, 6) is 1.55. The normalized spacial score (nSPS) is 16.1. The van der Waals surface area contributed by atoms with Crippen molar-refractivity contribution in [1.82, 2.24) is 24.6 Å². The van der Waals surface area contributed by atoms with E-state index in [2.05, 4.69) is 9.97 Å². The van der Waals surface area contributed by atoms with Gasteiger partial charge in [0.25, 0.3) is 0 Å². The number of nitrogen functional groups attached to an aromatic ring is 1. The summed E-state index contributed by atoms with van der Waals surface area (Å²) in [6.45, 7) is 6.68. The number of hydrogen-bond acceptors (Lipinski definition) is 7. The molecule has 2 N–H and O–H groups in total. The molecule has 4 aromatic rings. The number of aromatic nitrogens is 4. The zero-order valence-corrected chi connectivity index (χ0v) is 21.8. The minimum atomic E-state index is -0.563. The van der Waals surface area contributed by atoms with Gasteiger partial charge >= 0.3 is 6.09 Å². The molecule has 1 fully saturated rings. The van der Waals surface area contributed by atoms with E-state index in [0.29, 0.717) is 52.2 Å². The molecular weight excluding hydrogens is 492 g/mol. The van der Waals surface area contributed by atoms with Crippen LogP contribution in [-0.2, 0) is 4.74 Å². The summed E-state index contributed by atoms with van der Waals surface area (Å²) >= 11 is 6.60. The van der Waals surface area contributed by atoms with E-state index in [1.807, 2.05) is 61.9 Å². The Kier molecular flexibility index (Phi) is 6.64. The summed E-state index contributed by atoms with van der Waals surface area (Å²) in [4.78, 5) is 23.2. The van der Waals surface area contributed by atoms with Gasteiger partial charge in [-0.15, -0.1) is 0 Å². The van der Waals surface area contributed by atoms with E-state index < -0.39 is 5.60 Å². The molecule has 2 aromatic carbocycles. The highest BCUT2D eigenvalue weighted by Crippen LogP contribution is 2.38. The number of nitrogens with zero attached hydrogens (tertiary/aromatic N) is 5. The van der Waals surface area contributed by atoms with Gasteiger partial charge < -0.3 is 20.1 Å². The number of amides is 1. The standard InChI is InChI=1S/C27H29ClN6O3/c1-27(2,3)37-26(35)33-13-7-8-18(15-33)34-25-22(24(29)30-16-31-25)23(32-34)17-11-12-21(20(28)14-17)36-19-9-5-4-6-10-19/h4-6,9-12,14,16,18H,7-8,13,15H2,1-3H3,(H2,29,30,31). The number of nitrogens with two attached hydrogens (primary N) is 1. The second kappa shape index (κ2) is 9.89. The third-order valence-corrected chi connectivity index (χ3v) is 6.38. The molecule has 0 aliphatic carbocycles. The number of likely N-dealkylation sites (tertiary alicyclic amines) is 1. The first kappa shape index (κ1) is 24.8. The number of benzene rings is 2. The van der Waals surface area contributed by atoms with Crippen LogP contribution in [0.2, 0.25) is 5.02 Å². The van der Waals surface area contributed by atoms with Crippen molar-refractivity contribution in [2.45, 2.75) is 45.3 Å². The lowest BCUT2D eigenvalue weighted by Gasteiger charge is -2.34. The monoisotopic (exact) mass is 520 g/mol. The summed E-state index contributed by atoms with van der Waals surface area (Å²) in [6.07, 6.45) is 2.75. The molecule has 192 valence electrons. The lowest BCUT2D eigenvalue weighted by molar-refractivity contribution is 0.0169. The quantitative estimate of drug-likeness (QED) is 0.346. The second-order valence-corrected chi connectivity index (χ2v) is 10.4. The van der Waals surface area contributed by atoms with E-state index in [9.17, 15) is 4.79 Å². The van der Waals surface area contributed by atoms with Crippen molar-refractivity contribution in [3.63, 3.8) is 0 Å². The van der Waals surface area contributed by atoms with Crippen LogP contribution in [0.4, 0.5) is 10.6 Å². The number of anilines is 1. The van der Waals surface area contributed by atoms with Crippen LogP contribution >= 0.6 is 11.6 Å². The van der Waals surface area contributed by atoms with Crippen LogP contribution < -0.4 is 10.5 Å². The van der Waals surface area contributed by atoms with Crippen molar-refractivity contribution >= 4 is 34.5 Å². The molecule has 5 rings (SSSR count). The van der Waals surface area contributed by atoms with Crippen molar-refractivity contribution in [2.75, 3.05) is 18.8 Å². The number of carbonyl (C=O) groups excluding carboxylic acids is 1. The van der Waals surface area contributed by atoms with Crippen LogP contribution in [-0.4, -0.2) is 49.4 Å². The van der Waals surface area contributed by atoms with Crippen molar-refractivity contribution in [3.8, 4) is 22.8 Å². The Morgan fingerprint density at radius 1 is 1.14 bits per heavy atom. The van der Waals surface area contributed by atoms with Gasteiger partial charge in [0.05, 0.1) is 16.5 Å². The highest BCUT2D eigenvalue weighted by atomic mass is 35.5. The maximum Gasteiger partial charge on any atom is 0.410 e. The topological polar surface area (TPSA) is 108 Å². The molecule has 2 aromatic heterocycles. The SMILES string of the molecule is CC(C)(C)OC(=O)N1CCCC(n2nc(-c3ccc(Oc4ccccc4)c(Cl)c3)c3c(N)ncnc32)C1. The van der Waals surface area contributed by atoms with Crippen LogP contribution in [0.25, 0.3) is 22.3 Å². The summed E-state index contributed by atoms with van der Waals surface area (Å²) in [7, 11) is 0. The Bertz CT molecular complexity index is 1430. The summed E-state index contributed by atoms with van der Waals surface area (Å²) in [5, 5.41) is 6.00. The van der Waals surface area contributed by atoms with Gasteiger partial charge in [0.1, 0.15) is 34.9 Å². The Morgan fingerprint density at radius 3 is 2.65 bits per heavy atom. The van der Waals surface area contributed by atoms with Gasteiger partial charge in [-0.05, 0) is 63.9 Å². The van der Waals surface area contributed by atoms with Crippen molar-refractivity contribution in [3.05, 3.63) is 59.9 Å². The molecule has 0 saturated carbocycles. The lowest BCUT2D eigenvalue weighted by Crippen LogP contribution is -2.43. The fraction of sp³-hybridized carbons (Fsp3) is 0.333. The van der Waals surface area contributed by atoms with Gasteiger partial charge in [0.2, 0.25) is 0 Å². The van der Waals surface area contributed by atoms with Gasteiger partial charge in [0.15, 0.2) is 5.65 Å². The molecule has 1 unspecified atom stereocenters. The highest BCUT2D eigenvalue weighted by molar-refractivity contribution is 6.32. The fourth-order valence-electron chi connectivity index (χ4n) is 4.45. The number of para-hydroxylation sites is 1. The first-order chi connectivity index (χ1) is 17.7. The van der Waals surface area contributed by atoms with Gasteiger partial charge in [0, 0.05) is 18.7 Å². The van der Waals surface area contributed by atoms with Crippen LogP contribution in [0.15, 0.2) is 54.9 Å². The minimum absolute atomic E-state index is 0.0945. The zero-order chi connectivity index (χ0) is 26.2. The third-order valence-electron chi connectivity index (χ3n) is 6.09. The number of hydrogen-bond donors (Lipinski definition) is 1. The number of rotatable bonds is 4. The molecule has 1 aliphatic heterocycles. The molecule has 0 bridgehead atoms. The average molecular weight is 521 g/mol. The van der Waals surface area contributed by atoms with Gasteiger partial charge in [-0.2, -0.15) is 5.10 Å². The number of fused-ring (bicyclic) bond motifs is 1. The van der Waals surface area contributed by atoms with Crippen molar-refractivity contribution in [2.24, 2.45) is 0 Å². The molecule has 37 heavy (non-hydrogen) atoms. The lowest BCUT2D eigenvalue weighted by atomic mass is 10.1. The van der Waals surface area contributed by atoms with Crippen LogP contribution in [0, 0.1) is 0 Å². The second-order valence-electron chi connectivity index (χ2n) is 10.0. The number of halogens is 1. The van der Waals surface area contributed by atoms with E-state index >= 15 is 0 Å². The Morgan fingerprint density at radius 2 is 1.92 bits per heavy atom. The number of carbonyl (C=O) groups is 1. The first-order valence-corrected chi connectivity index (χ1v) is 12.6. The predicted molar refractivity (Wildman–Crippen MR) is 143 cm³/mol. The van der Waals surface area contributed by atoms with E-state index in [1.54, 1.807) is 17.0 Å². The van der Waals surface area contributed by atoms with Crippen molar-refractivity contribution < 1.29 is 14.3 Å². The Hall–Kier alpha value is -3.85. The summed E-state index contributed by atoms with van der Waals surface area (Å²) < 4.78 is 13.4. The first-order valence-electron chi connectivity index (χ1n) is 12.2. The Labute approximate surface area is 220 Å². The minimum Gasteiger partial charge on any atom is -0.456 e. The molecule has 1 saturated heterocycles. The fourth-order valence-corrected chi connectivity index (χ4v) is 4.66. The molecule has 1 amide bonds. The average Bonchev–Trinajstić information content (AvgIpc) is 3.26. The number of piperidine rings is 1. The highest BCUT2D eigenvalue weighted by Gasteiger charge is 2.31. The number of ether oxygens (including phenoxy) is 2. The maximum absolute atomic E-state index is 12.7. The third kappa shape index (κ3) is 5.32. The molecule has 10 heteroatoms. The van der Waals surface area contributed by atoms with Gasteiger partial charge in [-0.3, -0.25) is 0 Å². The molecule has 1 aliphatic rings. The van der Waals surface area contributed by atoms with Crippen LogP contribution in [0.1, 0.15) is 39.7 Å². The molecular formula is C27H29ClN6O3. The van der Waals surface area contributed by atoms with Gasteiger partial charge in [-0.25, -0.2) is 19.4 Å². The predicted octanol–water partition coefficient (Wildman–Crippen LogP) is 6.09. The van der Waals surface area contributed by atoms with Gasteiger partial charge in [-0.1, -0.05) is 29.8 Å². The van der Waals surface area contributed by atoms with Crippen molar-refractivity contribution in [1.29, 1.82) is 0 Å².